The molecule has 34 heavy (non-hydrogen) atoms. The second-order valence-corrected chi connectivity index (χ2v) is 9.32. The molecule has 1 unspecified atom stereocenters. The number of halogens is 3. The molecule has 0 aliphatic carbocycles. The molecule has 3 aromatic carbocycles. The van der Waals surface area contributed by atoms with Crippen LogP contribution in [0.15, 0.2) is 72.8 Å². The van der Waals surface area contributed by atoms with Crippen LogP contribution in [-0.2, 0) is 29.0 Å². The van der Waals surface area contributed by atoms with E-state index in [0.29, 0.717) is 28.0 Å². The van der Waals surface area contributed by atoms with Gasteiger partial charge in [0.2, 0.25) is 11.8 Å². The normalized spacial score (nSPS) is 11.6. The minimum atomic E-state index is -0.699. The molecular formula is C27H27Cl3N2O2. The smallest absolute Gasteiger partial charge is 0.243 e. The van der Waals surface area contributed by atoms with Crippen molar-refractivity contribution in [2.75, 3.05) is 6.54 Å². The number of benzene rings is 3. The Morgan fingerprint density at radius 1 is 0.853 bits per heavy atom. The highest BCUT2D eigenvalue weighted by molar-refractivity contribution is 6.42. The Balaban J connectivity index is 1.97. The lowest BCUT2D eigenvalue weighted by Gasteiger charge is -2.32. The summed E-state index contributed by atoms with van der Waals surface area (Å²) in [4.78, 5) is 28.6. The average Bonchev–Trinajstić information content (AvgIpc) is 2.82. The van der Waals surface area contributed by atoms with Gasteiger partial charge in [-0.05, 0) is 47.4 Å². The molecule has 0 heterocycles. The van der Waals surface area contributed by atoms with E-state index in [2.05, 4.69) is 5.32 Å². The number of carbonyl (C=O) groups excluding carboxylic acids is 2. The third-order valence-corrected chi connectivity index (χ3v) is 6.38. The largest absolute Gasteiger partial charge is 0.354 e. The minimum absolute atomic E-state index is 0.119. The molecule has 0 aliphatic rings. The van der Waals surface area contributed by atoms with E-state index < -0.39 is 6.04 Å². The van der Waals surface area contributed by atoms with Crippen LogP contribution in [0.2, 0.25) is 15.1 Å². The fraction of sp³-hybridized carbons (Fsp3) is 0.259. The van der Waals surface area contributed by atoms with Crippen molar-refractivity contribution in [3.8, 4) is 0 Å². The van der Waals surface area contributed by atoms with Crippen LogP contribution in [0.25, 0.3) is 0 Å². The van der Waals surface area contributed by atoms with E-state index in [1.165, 1.54) is 0 Å². The lowest BCUT2D eigenvalue weighted by atomic mass is 10.0. The van der Waals surface area contributed by atoms with E-state index in [4.69, 9.17) is 34.8 Å². The first kappa shape index (κ1) is 26.1. The van der Waals surface area contributed by atoms with Gasteiger partial charge in [0.15, 0.2) is 0 Å². The topological polar surface area (TPSA) is 49.4 Å². The second kappa shape index (κ2) is 12.8. The zero-order chi connectivity index (χ0) is 24.5. The fourth-order valence-electron chi connectivity index (χ4n) is 3.68. The third-order valence-electron chi connectivity index (χ3n) is 5.40. The SMILES string of the molecule is CCCNC(=O)C(Cc1ccccc1)N(Cc1ccc(Cl)c(Cl)c1)C(=O)Cc1cccc(Cl)c1. The standard InChI is InChI=1S/C27H27Cl3N2O2/c1-2-13-31-27(34)25(16-19-7-4-3-5-8-19)32(18-21-11-12-23(29)24(30)15-21)26(33)17-20-9-6-10-22(28)14-20/h3-12,14-15,25H,2,13,16-18H2,1H3,(H,31,34). The van der Waals surface area contributed by atoms with Crippen LogP contribution in [-0.4, -0.2) is 29.3 Å². The number of amides is 2. The first-order chi connectivity index (χ1) is 16.4. The molecule has 0 bridgehead atoms. The molecule has 3 aromatic rings. The molecule has 0 fully saturated rings. The maximum absolute atomic E-state index is 13.6. The summed E-state index contributed by atoms with van der Waals surface area (Å²) < 4.78 is 0. The van der Waals surface area contributed by atoms with Gasteiger partial charge < -0.3 is 10.2 Å². The van der Waals surface area contributed by atoms with E-state index in [-0.39, 0.29) is 24.8 Å². The summed E-state index contributed by atoms with van der Waals surface area (Å²) in [7, 11) is 0. The Labute approximate surface area is 215 Å². The van der Waals surface area contributed by atoms with Crippen molar-refractivity contribution in [2.45, 2.75) is 38.8 Å². The van der Waals surface area contributed by atoms with Gasteiger partial charge in [-0.15, -0.1) is 0 Å². The van der Waals surface area contributed by atoms with Gasteiger partial charge in [0, 0.05) is 24.5 Å². The second-order valence-electron chi connectivity index (χ2n) is 8.07. The molecule has 2 amide bonds. The zero-order valence-electron chi connectivity index (χ0n) is 18.9. The van der Waals surface area contributed by atoms with Crippen molar-refractivity contribution < 1.29 is 9.59 Å². The van der Waals surface area contributed by atoms with Crippen LogP contribution >= 0.6 is 34.8 Å². The van der Waals surface area contributed by atoms with Gasteiger partial charge in [-0.2, -0.15) is 0 Å². The lowest BCUT2D eigenvalue weighted by molar-refractivity contribution is -0.140. The van der Waals surface area contributed by atoms with Crippen LogP contribution < -0.4 is 5.32 Å². The van der Waals surface area contributed by atoms with Gasteiger partial charge >= 0.3 is 0 Å². The van der Waals surface area contributed by atoms with E-state index in [9.17, 15) is 9.59 Å². The van der Waals surface area contributed by atoms with E-state index in [1.807, 2.05) is 55.5 Å². The molecule has 7 heteroatoms. The molecule has 3 rings (SSSR count). The number of nitrogens with one attached hydrogen (secondary N) is 1. The number of hydrogen-bond donors (Lipinski definition) is 1. The van der Waals surface area contributed by atoms with E-state index >= 15 is 0 Å². The summed E-state index contributed by atoms with van der Waals surface area (Å²) in [6, 6.07) is 21.4. The summed E-state index contributed by atoms with van der Waals surface area (Å²) in [5.41, 5.74) is 2.54. The van der Waals surface area contributed by atoms with Gasteiger partial charge in [-0.25, -0.2) is 0 Å². The summed E-state index contributed by atoms with van der Waals surface area (Å²) in [6.45, 7) is 2.74. The van der Waals surface area contributed by atoms with Crippen molar-refractivity contribution >= 4 is 46.6 Å². The van der Waals surface area contributed by atoms with Gasteiger partial charge in [0.1, 0.15) is 6.04 Å². The highest BCUT2D eigenvalue weighted by Gasteiger charge is 2.30. The molecule has 4 nitrogen and oxygen atoms in total. The first-order valence-electron chi connectivity index (χ1n) is 11.2. The molecule has 0 aromatic heterocycles. The van der Waals surface area contributed by atoms with Crippen molar-refractivity contribution in [2.24, 2.45) is 0 Å². The Bertz CT molecular complexity index is 1120. The Morgan fingerprint density at radius 2 is 1.59 bits per heavy atom. The van der Waals surface area contributed by atoms with E-state index in [1.54, 1.807) is 29.2 Å². The lowest BCUT2D eigenvalue weighted by Crippen LogP contribution is -2.51. The van der Waals surface area contributed by atoms with Crippen molar-refractivity contribution in [3.63, 3.8) is 0 Å². The molecule has 0 aliphatic heterocycles. The summed E-state index contributed by atoms with van der Waals surface area (Å²) >= 11 is 18.5. The monoisotopic (exact) mass is 516 g/mol. The van der Waals surface area contributed by atoms with Crippen molar-refractivity contribution in [3.05, 3.63) is 105 Å². The Morgan fingerprint density at radius 3 is 2.26 bits per heavy atom. The Hall–Kier alpha value is -2.53. The van der Waals surface area contributed by atoms with Crippen LogP contribution in [0.1, 0.15) is 30.0 Å². The quantitative estimate of drug-likeness (QED) is 0.340. The number of hydrogen-bond acceptors (Lipinski definition) is 2. The van der Waals surface area contributed by atoms with Gasteiger partial charge in [-0.3, -0.25) is 9.59 Å². The highest BCUT2D eigenvalue weighted by atomic mass is 35.5. The predicted octanol–water partition coefficient (Wildman–Crippen LogP) is 6.36. The third kappa shape index (κ3) is 7.49. The maximum atomic E-state index is 13.6. The Kier molecular flexibility index (Phi) is 9.82. The molecule has 1 N–H and O–H groups in total. The summed E-state index contributed by atoms with van der Waals surface area (Å²) in [5.74, 6) is -0.369. The maximum Gasteiger partial charge on any atom is 0.243 e. The van der Waals surface area contributed by atoms with Crippen molar-refractivity contribution in [1.29, 1.82) is 0 Å². The zero-order valence-corrected chi connectivity index (χ0v) is 21.2. The van der Waals surface area contributed by atoms with Gasteiger partial charge in [-0.1, -0.05) is 90.3 Å². The first-order valence-corrected chi connectivity index (χ1v) is 12.3. The van der Waals surface area contributed by atoms with Crippen LogP contribution in [0.4, 0.5) is 0 Å². The molecule has 178 valence electrons. The van der Waals surface area contributed by atoms with Gasteiger partial charge in [0.05, 0.1) is 16.5 Å². The molecule has 0 spiro atoms. The van der Waals surface area contributed by atoms with Crippen LogP contribution in [0, 0.1) is 0 Å². The summed E-state index contributed by atoms with van der Waals surface area (Å²) in [6.07, 6.45) is 1.31. The number of nitrogens with zero attached hydrogens (tertiary/aromatic N) is 1. The van der Waals surface area contributed by atoms with Gasteiger partial charge in [0.25, 0.3) is 0 Å². The fourth-order valence-corrected chi connectivity index (χ4v) is 4.21. The molecule has 1 atom stereocenters. The number of rotatable bonds is 10. The van der Waals surface area contributed by atoms with Crippen LogP contribution in [0.5, 0.6) is 0 Å². The molecule has 0 radical (unpaired) electrons. The molecule has 0 saturated heterocycles. The number of carbonyl (C=O) groups is 2. The summed E-state index contributed by atoms with van der Waals surface area (Å²) in [5, 5.41) is 4.36. The average molecular weight is 518 g/mol. The van der Waals surface area contributed by atoms with Crippen LogP contribution in [0.3, 0.4) is 0 Å². The van der Waals surface area contributed by atoms with E-state index in [0.717, 1.165) is 23.1 Å². The highest BCUT2D eigenvalue weighted by Crippen LogP contribution is 2.25. The van der Waals surface area contributed by atoms with Crippen molar-refractivity contribution in [1.82, 2.24) is 10.2 Å². The molecule has 0 saturated carbocycles. The predicted molar refractivity (Wildman–Crippen MR) is 139 cm³/mol. The molecular weight excluding hydrogens is 491 g/mol. The minimum Gasteiger partial charge on any atom is -0.354 e.